The third kappa shape index (κ3) is 4.30. The second-order valence-corrected chi connectivity index (χ2v) is 7.46. The molecule has 0 saturated heterocycles. The largest absolute Gasteiger partial charge is 0.306 e. The fourth-order valence-corrected chi connectivity index (χ4v) is 2.99. The number of halogens is 1. The smallest absolute Gasteiger partial charge is 0.175 e. The van der Waals surface area contributed by atoms with Gasteiger partial charge in [-0.05, 0) is 36.2 Å². The van der Waals surface area contributed by atoms with Crippen molar-refractivity contribution in [3.8, 4) is 0 Å². The van der Waals surface area contributed by atoms with Gasteiger partial charge in [-0.3, -0.25) is 0 Å². The Morgan fingerprint density at radius 3 is 2.29 bits per heavy atom. The van der Waals surface area contributed by atoms with E-state index < -0.39 is 9.84 Å². The summed E-state index contributed by atoms with van der Waals surface area (Å²) in [6, 6.07) is 14.8. The normalized spacial score (nSPS) is 13.1. The molecule has 1 atom stereocenters. The summed E-state index contributed by atoms with van der Waals surface area (Å²) in [5.41, 5.74) is 2.08. The Labute approximate surface area is 130 Å². The van der Waals surface area contributed by atoms with Crippen molar-refractivity contribution in [3.63, 3.8) is 0 Å². The SMILES string of the molecule is CC(NCc1ccc(S(C)(=O)=O)cc1)c1ccccc1Cl. The van der Waals surface area contributed by atoms with Gasteiger partial charge in [0.2, 0.25) is 0 Å². The molecule has 1 unspecified atom stereocenters. The Morgan fingerprint density at radius 1 is 1.10 bits per heavy atom. The van der Waals surface area contributed by atoms with Crippen molar-refractivity contribution in [2.24, 2.45) is 0 Å². The van der Waals surface area contributed by atoms with Gasteiger partial charge >= 0.3 is 0 Å². The van der Waals surface area contributed by atoms with E-state index in [-0.39, 0.29) is 6.04 Å². The van der Waals surface area contributed by atoms with E-state index in [1.165, 1.54) is 6.26 Å². The first-order valence-electron chi connectivity index (χ1n) is 6.65. The zero-order valence-corrected chi connectivity index (χ0v) is 13.6. The minimum Gasteiger partial charge on any atom is -0.306 e. The van der Waals surface area contributed by atoms with Crippen molar-refractivity contribution in [3.05, 3.63) is 64.7 Å². The molecule has 0 fully saturated rings. The van der Waals surface area contributed by atoms with Gasteiger partial charge in [-0.1, -0.05) is 41.9 Å². The average molecular weight is 324 g/mol. The summed E-state index contributed by atoms with van der Waals surface area (Å²) in [6.07, 6.45) is 1.21. The molecule has 2 rings (SSSR count). The Kier molecular flexibility index (Phi) is 5.04. The first-order chi connectivity index (χ1) is 9.88. The number of hydrogen-bond donors (Lipinski definition) is 1. The first-order valence-corrected chi connectivity index (χ1v) is 8.91. The molecule has 2 aromatic carbocycles. The summed E-state index contributed by atoms with van der Waals surface area (Å²) in [4.78, 5) is 0.338. The summed E-state index contributed by atoms with van der Waals surface area (Å²) >= 11 is 6.17. The monoisotopic (exact) mass is 323 g/mol. The van der Waals surface area contributed by atoms with Crippen molar-refractivity contribution in [1.82, 2.24) is 5.32 Å². The van der Waals surface area contributed by atoms with Crippen molar-refractivity contribution < 1.29 is 8.42 Å². The standard InChI is InChI=1S/C16H18ClNO2S/c1-12(15-5-3-4-6-16(15)17)18-11-13-7-9-14(10-8-13)21(2,19)20/h3-10,12,18H,11H2,1-2H3. The lowest BCUT2D eigenvalue weighted by Crippen LogP contribution is -2.18. The van der Waals surface area contributed by atoms with Crippen LogP contribution < -0.4 is 5.32 Å². The zero-order chi connectivity index (χ0) is 15.5. The zero-order valence-electron chi connectivity index (χ0n) is 12.0. The molecule has 0 heterocycles. The van der Waals surface area contributed by atoms with Crippen molar-refractivity contribution in [2.45, 2.75) is 24.4 Å². The van der Waals surface area contributed by atoms with Gasteiger partial charge in [0.15, 0.2) is 9.84 Å². The van der Waals surface area contributed by atoms with Crippen LogP contribution in [0.3, 0.4) is 0 Å². The predicted octanol–water partition coefficient (Wildman–Crippen LogP) is 3.59. The number of benzene rings is 2. The van der Waals surface area contributed by atoms with Crippen LogP contribution in [0.4, 0.5) is 0 Å². The van der Waals surface area contributed by atoms with Gasteiger partial charge in [0, 0.05) is 23.9 Å². The van der Waals surface area contributed by atoms with Crippen LogP contribution in [0.1, 0.15) is 24.1 Å². The van der Waals surface area contributed by atoms with Crippen LogP contribution in [-0.4, -0.2) is 14.7 Å². The van der Waals surface area contributed by atoms with Gasteiger partial charge in [-0.2, -0.15) is 0 Å². The topological polar surface area (TPSA) is 46.2 Å². The van der Waals surface area contributed by atoms with Crippen LogP contribution in [0.5, 0.6) is 0 Å². The Bertz CT molecular complexity index is 711. The van der Waals surface area contributed by atoms with E-state index in [0.29, 0.717) is 11.4 Å². The molecule has 0 spiro atoms. The molecule has 0 aliphatic heterocycles. The van der Waals surface area contributed by atoms with E-state index in [1.54, 1.807) is 12.1 Å². The Balaban J connectivity index is 2.02. The fraction of sp³-hybridized carbons (Fsp3) is 0.250. The molecule has 0 aliphatic rings. The molecule has 21 heavy (non-hydrogen) atoms. The highest BCUT2D eigenvalue weighted by Gasteiger charge is 2.09. The van der Waals surface area contributed by atoms with E-state index in [2.05, 4.69) is 5.32 Å². The van der Waals surface area contributed by atoms with E-state index in [1.807, 2.05) is 43.3 Å². The summed E-state index contributed by atoms with van der Waals surface area (Å²) < 4.78 is 22.8. The molecule has 0 radical (unpaired) electrons. The molecule has 3 nitrogen and oxygen atoms in total. The van der Waals surface area contributed by atoms with Crippen LogP contribution in [0, 0.1) is 0 Å². The number of sulfone groups is 1. The van der Waals surface area contributed by atoms with Gasteiger partial charge in [0.1, 0.15) is 0 Å². The summed E-state index contributed by atoms with van der Waals surface area (Å²) in [6.45, 7) is 2.70. The number of rotatable bonds is 5. The van der Waals surface area contributed by atoms with Crippen LogP contribution in [-0.2, 0) is 16.4 Å². The average Bonchev–Trinajstić information content (AvgIpc) is 2.45. The Morgan fingerprint density at radius 2 is 1.71 bits per heavy atom. The molecular formula is C16H18ClNO2S. The lowest BCUT2D eigenvalue weighted by Gasteiger charge is -2.15. The second kappa shape index (κ2) is 6.60. The lowest BCUT2D eigenvalue weighted by molar-refractivity contribution is 0.574. The highest BCUT2D eigenvalue weighted by molar-refractivity contribution is 7.90. The number of hydrogen-bond acceptors (Lipinski definition) is 3. The third-order valence-corrected chi connectivity index (χ3v) is 4.81. The minimum absolute atomic E-state index is 0.119. The molecule has 2 aromatic rings. The second-order valence-electron chi connectivity index (χ2n) is 5.04. The molecule has 0 bridgehead atoms. The first kappa shape index (κ1) is 16.0. The van der Waals surface area contributed by atoms with Crippen LogP contribution in [0.15, 0.2) is 53.4 Å². The van der Waals surface area contributed by atoms with Crippen LogP contribution in [0.2, 0.25) is 5.02 Å². The van der Waals surface area contributed by atoms with Gasteiger partial charge in [0.25, 0.3) is 0 Å². The van der Waals surface area contributed by atoms with Gasteiger partial charge in [0.05, 0.1) is 4.90 Å². The molecule has 112 valence electrons. The molecule has 0 aliphatic carbocycles. The van der Waals surface area contributed by atoms with Gasteiger partial charge in [-0.15, -0.1) is 0 Å². The van der Waals surface area contributed by atoms with E-state index in [0.717, 1.165) is 16.1 Å². The maximum atomic E-state index is 11.4. The highest BCUT2D eigenvalue weighted by atomic mass is 35.5. The molecule has 1 N–H and O–H groups in total. The van der Waals surface area contributed by atoms with Gasteiger partial charge in [-0.25, -0.2) is 8.42 Å². The fourth-order valence-electron chi connectivity index (χ4n) is 2.06. The molecule has 0 saturated carbocycles. The molecule has 5 heteroatoms. The third-order valence-electron chi connectivity index (χ3n) is 3.34. The predicted molar refractivity (Wildman–Crippen MR) is 86.3 cm³/mol. The molecular weight excluding hydrogens is 306 g/mol. The number of nitrogens with one attached hydrogen (secondary N) is 1. The quantitative estimate of drug-likeness (QED) is 0.914. The summed E-state index contributed by atoms with van der Waals surface area (Å²) in [5.74, 6) is 0. The van der Waals surface area contributed by atoms with E-state index in [9.17, 15) is 8.42 Å². The summed E-state index contributed by atoms with van der Waals surface area (Å²) in [5, 5.41) is 4.12. The van der Waals surface area contributed by atoms with E-state index in [4.69, 9.17) is 11.6 Å². The highest BCUT2D eigenvalue weighted by Crippen LogP contribution is 2.22. The molecule has 0 amide bonds. The van der Waals surface area contributed by atoms with Crippen molar-refractivity contribution in [1.29, 1.82) is 0 Å². The molecule has 0 aromatic heterocycles. The minimum atomic E-state index is -3.14. The van der Waals surface area contributed by atoms with Gasteiger partial charge < -0.3 is 5.32 Å². The van der Waals surface area contributed by atoms with Crippen molar-refractivity contribution in [2.75, 3.05) is 6.26 Å². The van der Waals surface area contributed by atoms with Crippen LogP contribution >= 0.6 is 11.6 Å². The maximum absolute atomic E-state index is 11.4. The van der Waals surface area contributed by atoms with Crippen LogP contribution in [0.25, 0.3) is 0 Å². The maximum Gasteiger partial charge on any atom is 0.175 e. The van der Waals surface area contributed by atoms with E-state index >= 15 is 0 Å². The van der Waals surface area contributed by atoms with Crippen molar-refractivity contribution >= 4 is 21.4 Å². The Hall–Kier alpha value is -1.36. The summed E-state index contributed by atoms with van der Waals surface area (Å²) in [7, 11) is -3.14. The lowest BCUT2D eigenvalue weighted by atomic mass is 10.1.